The SMILES string of the molecule is CCC(CC)(c1ccc(O)c(C)c1)c1ccc(OCc2ccccc2)c(C)c1. The molecular weight excluding hydrogens is 344 g/mol. The van der Waals surface area contributed by atoms with E-state index in [9.17, 15) is 5.11 Å². The van der Waals surface area contributed by atoms with Gasteiger partial charge in [0.25, 0.3) is 0 Å². The zero-order valence-electron chi connectivity index (χ0n) is 17.3. The van der Waals surface area contributed by atoms with Crippen molar-refractivity contribution in [2.24, 2.45) is 0 Å². The number of aryl methyl sites for hydroxylation is 2. The van der Waals surface area contributed by atoms with Crippen LogP contribution in [0.15, 0.2) is 66.7 Å². The number of hydrogen-bond acceptors (Lipinski definition) is 2. The fourth-order valence-corrected chi connectivity index (χ4v) is 4.03. The summed E-state index contributed by atoms with van der Waals surface area (Å²) in [7, 11) is 0. The van der Waals surface area contributed by atoms with Gasteiger partial charge in [0, 0.05) is 5.41 Å². The lowest BCUT2D eigenvalue weighted by molar-refractivity contribution is 0.303. The topological polar surface area (TPSA) is 29.5 Å². The van der Waals surface area contributed by atoms with Crippen molar-refractivity contribution in [2.45, 2.75) is 52.6 Å². The van der Waals surface area contributed by atoms with Gasteiger partial charge in [0.1, 0.15) is 18.1 Å². The molecule has 146 valence electrons. The summed E-state index contributed by atoms with van der Waals surface area (Å²) in [5, 5.41) is 9.94. The second kappa shape index (κ2) is 8.52. The van der Waals surface area contributed by atoms with Crippen LogP contribution in [-0.4, -0.2) is 5.11 Å². The third kappa shape index (κ3) is 3.91. The van der Waals surface area contributed by atoms with Gasteiger partial charge in [-0.2, -0.15) is 0 Å². The van der Waals surface area contributed by atoms with Crippen LogP contribution in [0, 0.1) is 13.8 Å². The number of benzene rings is 3. The molecule has 28 heavy (non-hydrogen) atoms. The average molecular weight is 375 g/mol. The monoisotopic (exact) mass is 374 g/mol. The molecule has 0 aliphatic carbocycles. The Hall–Kier alpha value is -2.74. The van der Waals surface area contributed by atoms with E-state index in [0.717, 1.165) is 29.7 Å². The summed E-state index contributed by atoms with van der Waals surface area (Å²) in [5.41, 5.74) is 5.72. The van der Waals surface area contributed by atoms with E-state index in [1.54, 1.807) is 0 Å². The minimum atomic E-state index is -0.0683. The van der Waals surface area contributed by atoms with Gasteiger partial charge in [-0.1, -0.05) is 68.4 Å². The summed E-state index contributed by atoms with van der Waals surface area (Å²) in [6.45, 7) is 9.12. The summed E-state index contributed by atoms with van der Waals surface area (Å²) < 4.78 is 6.07. The molecule has 0 saturated carbocycles. The van der Waals surface area contributed by atoms with Crippen molar-refractivity contribution < 1.29 is 9.84 Å². The molecule has 3 rings (SSSR count). The molecule has 3 aromatic carbocycles. The lowest BCUT2D eigenvalue weighted by atomic mass is 9.70. The van der Waals surface area contributed by atoms with Crippen LogP contribution in [-0.2, 0) is 12.0 Å². The van der Waals surface area contributed by atoms with E-state index in [1.807, 2.05) is 31.2 Å². The molecule has 0 spiro atoms. The highest BCUT2D eigenvalue weighted by atomic mass is 16.5. The summed E-state index contributed by atoms with van der Waals surface area (Å²) in [6.07, 6.45) is 1.99. The second-order valence-corrected chi connectivity index (χ2v) is 7.55. The predicted octanol–water partition coefficient (Wildman–Crippen LogP) is 6.69. The summed E-state index contributed by atoms with van der Waals surface area (Å²) in [6, 6.07) is 22.8. The van der Waals surface area contributed by atoms with Crippen LogP contribution in [0.5, 0.6) is 11.5 Å². The molecule has 0 aliphatic heterocycles. The highest BCUT2D eigenvalue weighted by Gasteiger charge is 2.31. The van der Waals surface area contributed by atoms with Crippen LogP contribution in [0.3, 0.4) is 0 Å². The Labute approximate surface area is 168 Å². The molecule has 2 nitrogen and oxygen atoms in total. The lowest BCUT2D eigenvalue weighted by Crippen LogP contribution is -2.26. The molecule has 0 amide bonds. The summed E-state index contributed by atoms with van der Waals surface area (Å²) in [5.74, 6) is 1.28. The molecule has 0 aromatic heterocycles. The third-order valence-electron chi connectivity index (χ3n) is 5.92. The standard InChI is InChI=1S/C26H30O2/c1-5-26(6-2,22-12-14-24(27)19(3)16-22)23-13-15-25(20(4)17-23)28-18-21-10-8-7-9-11-21/h7-17,27H,5-6,18H2,1-4H3. The van der Waals surface area contributed by atoms with Crippen molar-refractivity contribution in [1.82, 2.24) is 0 Å². The van der Waals surface area contributed by atoms with Gasteiger partial charge < -0.3 is 9.84 Å². The third-order valence-corrected chi connectivity index (χ3v) is 5.92. The van der Waals surface area contributed by atoms with Crippen LogP contribution in [0.2, 0.25) is 0 Å². The van der Waals surface area contributed by atoms with Gasteiger partial charge in [0.2, 0.25) is 0 Å². The quantitative estimate of drug-likeness (QED) is 0.499. The van der Waals surface area contributed by atoms with Gasteiger partial charge in [0.15, 0.2) is 0 Å². The lowest BCUT2D eigenvalue weighted by Gasteiger charge is -2.34. The molecule has 0 fully saturated rings. The zero-order chi connectivity index (χ0) is 20.1. The normalized spacial score (nSPS) is 11.4. The van der Waals surface area contributed by atoms with Crippen LogP contribution < -0.4 is 4.74 Å². The van der Waals surface area contributed by atoms with Gasteiger partial charge in [-0.25, -0.2) is 0 Å². The van der Waals surface area contributed by atoms with Gasteiger partial charge in [-0.05, 0) is 66.6 Å². The molecule has 2 heteroatoms. The number of hydrogen-bond donors (Lipinski definition) is 1. The Morgan fingerprint density at radius 3 is 1.96 bits per heavy atom. The largest absolute Gasteiger partial charge is 0.508 e. The minimum Gasteiger partial charge on any atom is -0.508 e. The molecule has 0 atom stereocenters. The van der Waals surface area contributed by atoms with Crippen LogP contribution in [0.4, 0.5) is 0 Å². The van der Waals surface area contributed by atoms with E-state index in [0.29, 0.717) is 12.4 Å². The van der Waals surface area contributed by atoms with Crippen LogP contribution >= 0.6 is 0 Å². The first kappa shape index (κ1) is 20.0. The average Bonchev–Trinajstić information content (AvgIpc) is 2.72. The number of ether oxygens (including phenoxy) is 1. The van der Waals surface area contributed by atoms with Gasteiger partial charge in [0.05, 0.1) is 0 Å². The van der Waals surface area contributed by atoms with Gasteiger partial charge >= 0.3 is 0 Å². The molecule has 0 saturated heterocycles. The molecular formula is C26H30O2. The van der Waals surface area contributed by atoms with E-state index < -0.39 is 0 Å². The molecule has 0 aliphatic rings. The highest BCUT2D eigenvalue weighted by Crippen LogP contribution is 2.41. The number of aromatic hydroxyl groups is 1. The fraction of sp³-hybridized carbons (Fsp3) is 0.308. The first-order valence-electron chi connectivity index (χ1n) is 10.1. The van der Waals surface area contributed by atoms with Gasteiger partial charge in [-0.15, -0.1) is 0 Å². The number of phenolic OH excluding ortho intramolecular Hbond substituents is 1. The Bertz CT molecular complexity index is 924. The highest BCUT2D eigenvalue weighted by molar-refractivity contribution is 5.47. The Morgan fingerprint density at radius 2 is 1.39 bits per heavy atom. The maximum absolute atomic E-state index is 9.94. The van der Waals surface area contributed by atoms with Gasteiger partial charge in [-0.3, -0.25) is 0 Å². The fourth-order valence-electron chi connectivity index (χ4n) is 4.03. The van der Waals surface area contributed by atoms with Crippen LogP contribution in [0.25, 0.3) is 0 Å². The first-order chi connectivity index (χ1) is 13.5. The number of phenols is 1. The molecule has 3 aromatic rings. The predicted molar refractivity (Wildman–Crippen MR) is 116 cm³/mol. The Morgan fingerprint density at radius 1 is 0.786 bits per heavy atom. The van der Waals surface area contributed by atoms with Crippen molar-refractivity contribution in [2.75, 3.05) is 0 Å². The Balaban J connectivity index is 1.91. The molecule has 0 bridgehead atoms. The van der Waals surface area contributed by atoms with Crippen molar-refractivity contribution >= 4 is 0 Å². The maximum Gasteiger partial charge on any atom is 0.122 e. The van der Waals surface area contributed by atoms with E-state index in [4.69, 9.17) is 4.74 Å². The minimum absolute atomic E-state index is 0.0683. The number of rotatable bonds is 7. The zero-order valence-corrected chi connectivity index (χ0v) is 17.3. The Kier molecular flexibility index (Phi) is 6.08. The van der Waals surface area contributed by atoms with Crippen molar-refractivity contribution in [3.05, 3.63) is 94.5 Å². The van der Waals surface area contributed by atoms with Crippen molar-refractivity contribution in [3.8, 4) is 11.5 Å². The van der Waals surface area contributed by atoms with Crippen molar-refractivity contribution in [1.29, 1.82) is 0 Å². The maximum atomic E-state index is 9.94. The first-order valence-corrected chi connectivity index (χ1v) is 10.1. The van der Waals surface area contributed by atoms with E-state index in [2.05, 4.69) is 63.2 Å². The summed E-state index contributed by atoms with van der Waals surface area (Å²) >= 11 is 0. The molecule has 0 heterocycles. The smallest absolute Gasteiger partial charge is 0.122 e. The summed E-state index contributed by atoms with van der Waals surface area (Å²) in [4.78, 5) is 0. The molecule has 0 radical (unpaired) electrons. The van der Waals surface area contributed by atoms with Crippen LogP contribution in [0.1, 0.15) is 54.5 Å². The van der Waals surface area contributed by atoms with E-state index in [1.165, 1.54) is 16.7 Å². The van der Waals surface area contributed by atoms with E-state index in [-0.39, 0.29) is 5.41 Å². The molecule has 1 N–H and O–H groups in total. The molecule has 0 unspecified atom stereocenters. The second-order valence-electron chi connectivity index (χ2n) is 7.55. The van der Waals surface area contributed by atoms with Crippen molar-refractivity contribution in [3.63, 3.8) is 0 Å². The van der Waals surface area contributed by atoms with E-state index >= 15 is 0 Å².